The number of phenols is 1. The summed E-state index contributed by atoms with van der Waals surface area (Å²) in [7, 11) is 7.56. The molecule has 194 valence electrons. The topological polar surface area (TPSA) is 122 Å². The third-order valence-electron chi connectivity index (χ3n) is 5.39. The van der Waals surface area contributed by atoms with Crippen LogP contribution in [-0.2, 0) is 4.79 Å². The second kappa shape index (κ2) is 12.3. The maximum Gasteiger partial charge on any atom is 0.248 e. The van der Waals surface area contributed by atoms with Crippen LogP contribution in [0.4, 0.5) is 11.4 Å². The zero-order valence-electron chi connectivity index (χ0n) is 21.3. The number of anilines is 2. The molecule has 3 rings (SSSR count). The van der Waals surface area contributed by atoms with Crippen LogP contribution in [0.5, 0.6) is 34.5 Å². The highest BCUT2D eigenvalue weighted by Gasteiger charge is 2.14. The second-order valence-electron chi connectivity index (χ2n) is 7.74. The minimum atomic E-state index is -0.419. The molecule has 0 bridgehead atoms. The fourth-order valence-electron chi connectivity index (χ4n) is 3.63. The van der Waals surface area contributed by atoms with Crippen molar-refractivity contribution >= 4 is 35.5 Å². The van der Waals surface area contributed by atoms with Gasteiger partial charge in [-0.2, -0.15) is 0 Å². The average Bonchev–Trinajstić information content (AvgIpc) is 2.90. The van der Waals surface area contributed by atoms with Crippen molar-refractivity contribution in [3.8, 4) is 34.5 Å². The lowest BCUT2D eigenvalue weighted by atomic mass is 10.1. The molecule has 9 heteroatoms. The summed E-state index contributed by atoms with van der Waals surface area (Å²) in [5.74, 6) is 1.66. The van der Waals surface area contributed by atoms with Gasteiger partial charge in [0.05, 0.1) is 46.9 Å². The maximum atomic E-state index is 12.6. The quantitative estimate of drug-likeness (QED) is 0.203. The van der Waals surface area contributed by atoms with E-state index < -0.39 is 5.91 Å². The van der Waals surface area contributed by atoms with Gasteiger partial charge in [0.25, 0.3) is 0 Å². The Morgan fingerprint density at radius 1 is 0.730 bits per heavy atom. The summed E-state index contributed by atoms with van der Waals surface area (Å²) in [4.78, 5) is 12.6. The minimum Gasteiger partial charge on any atom is -0.504 e. The fourth-order valence-corrected chi connectivity index (χ4v) is 3.63. The first-order chi connectivity index (χ1) is 17.8. The molecule has 0 spiro atoms. The van der Waals surface area contributed by atoms with E-state index in [0.717, 1.165) is 11.1 Å². The molecule has 0 heterocycles. The Morgan fingerprint density at radius 2 is 1.32 bits per heavy atom. The molecule has 3 aromatic rings. The van der Waals surface area contributed by atoms with Gasteiger partial charge in [0.2, 0.25) is 11.7 Å². The molecule has 0 aliphatic carbocycles. The molecule has 4 N–H and O–H groups in total. The van der Waals surface area contributed by atoms with Crippen molar-refractivity contribution in [3.63, 3.8) is 0 Å². The molecule has 0 aromatic heterocycles. The first-order valence-electron chi connectivity index (χ1n) is 11.1. The summed E-state index contributed by atoms with van der Waals surface area (Å²) in [6.07, 6.45) is 6.55. The number of benzene rings is 3. The number of carbonyl (C=O) groups is 1. The van der Waals surface area contributed by atoms with Crippen LogP contribution in [0.15, 0.2) is 48.5 Å². The lowest BCUT2D eigenvalue weighted by Gasteiger charge is -2.13. The Balaban J connectivity index is 1.85. The number of nitrogens with one attached hydrogen (secondary N) is 1. The highest BCUT2D eigenvalue weighted by atomic mass is 16.5. The van der Waals surface area contributed by atoms with Gasteiger partial charge in [0.1, 0.15) is 5.75 Å². The van der Waals surface area contributed by atoms with Crippen molar-refractivity contribution in [2.75, 3.05) is 46.6 Å². The molecule has 3 aromatic carbocycles. The zero-order chi connectivity index (χ0) is 26.9. The summed E-state index contributed by atoms with van der Waals surface area (Å²) in [6, 6.07) is 12.0. The van der Waals surface area contributed by atoms with Gasteiger partial charge in [-0.1, -0.05) is 18.2 Å². The Kier molecular flexibility index (Phi) is 8.88. The number of aromatic hydroxyl groups is 1. The van der Waals surface area contributed by atoms with E-state index in [1.165, 1.54) is 33.5 Å². The average molecular weight is 507 g/mol. The van der Waals surface area contributed by atoms with Crippen molar-refractivity contribution < 1.29 is 33.6 Å². The van der Waals surface area contributed by atoms with E-state index in [1.54, 1.807) is 62.8 Å². The Morgan fingerprint density at radius 3 is 1.86 bits per heavy atom. The number of rotatable bonds is 10. The monoisotopic (exact) mass is 506 g/mol. The van der Waals surface area contributed by atoms with Crippen LogP contribution in [0.25, 0.3) is 18.2 Å². The number of nitrogens with two attached hydrogens (primary N) is 1. The summed E-state index contributed by atoms with van der Waals surface area (Å²) in [5, 5.41) is 13.2. The van der Waals surface area contributed by atoms with Gasteiger partial charge in [-0.05, 0) is 59.2 Å². The molecular weight excluding hydrogens is 476 g/mol. The number of carbonyl (C=O) groups excluding carboxylic acids is 1. The number of hydrogen-bond donors (Lipinski definition) is 3. The van der Waals surface area contributed by atoms with Crippen LogP contribution in [0.1, 0.15) is 16.7 Å². The summed E-state index contributed by atoms with van der Waals surface area (Å²) in [6.45, 7) is 0. The second-order valence-corrected chi connectivity index (χ2v) is 7.74. The number of methoxy groups -OCH3 is 5. The first-order valence-corrected chi connectivity index (χ1v) is 11.1. The molecule has 37 heavy (non-hydrogen) atoms. The van der Waals surface area contributed by atoms with Crippen molar-refractivity contribution in [3.05, 3.63) is 65.2 Å². The Bertz CT molecular complexity index is 1310. The minimum absolute atomic E-state index is 0.128. The number of hydrogen-bond acceptors (Lipinski definition) is 8. The van der Waals surface area contributed by atoms with Gasteiger partial charge in [-0.25, -0.2) is 0 Å². The Hall–Kier alpha value is -4.79. The van der Waals surface area contributed by atoms with Crippen LogP contribution in [0, 0.1) is 0 Å². The van der Waals surface area contributed by atoms with Gasteiger partial charge in [0, 0.05) is 6.08 Å². The van der Waals surface area contributed by atoms with Crippen molar-refractivity contribution in [1.82, 2.24) is 0 Å². The van der Waals surface area contributed by atoms with Crippen LogP contribution >= 0.6 is 0 Å². The number of phenolic OH excluding ortho intramolecular Hbond substituents is 1. The lowest BCUT2D eigenvalue weighted by Crippen LogP contribution is -2.09. The van der Waals surface area contributed by atoms with E-state index >= 15 is 0 Å². The molecule has 9 nitrogen and oxygen atoms in total. The van der Waals surface area contributed by atoms with Gasteiger partial charge < -0.3 is 39.8 Å². The van der Waals surface area contributed by atoms with Crippen LogP contribution in [0.3, 0.4) is 0 Å². The molecule has 0 saturated heterocycles. The van der Waals surface area contributed by atoms with E-state index in [1.807, 2.05) is 6.08 Å². The summed E-state index contributed by atoms with van der Waals surface area (Å²) in [5.41, 5.74) is 8.80. The highest BCUT2D eigenvalue weighted by Crippen LogP contribution is 2.39. The molecule has 0 fully saturated rings. The lowest BCUT2D eigenvalue weighted by molar-refractivity contribution is -0.111. The highest BCUT2D eigenvalue weighted by molar-refractivity contribution is 6.03. The SMILES string of the molecule is COc1ccc(/C=C/C(=O)Nc2cc(C=Cc3cc(OC)c(OC)c(OC)c3)cc(O)c2OC)cc1N. The van der Waals surface area contributed by atoms with E-state index in [2.05, 4.69) is 5.32 Å². The molecule has 0 aliphatic rings. The molecule has 0 unspecified atom stereocenters. The van der Waals surface area contributed by atoms with E-state index in [9.17, 15) is 9.90 Å². The van der Waals surface area contributed by atoms with E-state index in [4.69, 9.17) is 29.4 Å². The molecule has 1 amide bonds. The van der Waals surface area contributed by atoms with Crippen molar-refractivity contribution in [2.24, 2.45) is 0 Å². The maximum absolute atomic E-state index is 12.6. The first kappa shape index (κ1) is 26.8. The Labute approximate surface area is 215 Å². The number of amides is 1. The zero-order valence-corrected chi connectivity index (χ0v) is 21.3. The van der Waals surface area contributed by atoms with E-state index in [0.29, 0.717) is 39.9 Å². The largest absolute Gasteiger partial charge is 0.504 e. The summed E-state index contributed by atoms with van der Waals surface area (Å²) < 4.78 is 26.6. The van der Waals surface area contributed by atoms with Crippen LogP contribution in [0.2, 0.25) is 0 Å². The molecule has 0 radical (unpaired) electrons. The standard InChI is InChI=1S/C28H30N2O7/c1-33-23-10-8-17(12-20(23)29)9-11-26(32)30-21-13-18(14-22(31)27(21)36-4)6-7-19-15-24(34-2)28(37-5)25(16-19)35-3/h6-16,31H,29H2,1-5H3,(H,30,32)/b7-6?,11-9+. The molecule has 0 atom stereocenters. The van der Waals surface area contributed by atoms with Gasteiger partial charge in [0.15, 0.2) is 23.0 Å². The van der Waals surface area contributed by atoms with Crippen LogP contribution in [-0.4, -0.2) is 46.6 Å². The number of ether oxygens (including phenoxy) is 5. The number of nitrogen functional groups attached to an aromatic ring is 1. The predicted octanol–water partition coefficient (Wildman–Crippen LogP) is 4.84. The van der Waals surface area contributed by atoms with E-state index in [-0.39, 0.29) is 11.5 Å². The van der Waals surface area contributed by atoms with Crippen molar-refractivity contribution in [1.29, 1.82) is 0 Å². The van der Waals surface area contributed by atoms with Crippen LogP contribution < -0.4 is 34.7 Å². The van der Waals surface area contributed by atoms with Gasteiger partial charge in [-0.3, -0.25) is 4.79 Å². The normalized spacial score (nSPS) is 10.9. The summed E-state index contributed by atoms with van der Waals surface area (Å²) >= 11 is 0. The third-order valence-corrected chi connectivity index (χ3v) is 5.39. The van der Waals surface area contributed by atoms with Gasteiger partial charge in [-0.15, -0.1) is 0 Å². The smallest absolute Gasteiger partial charge is 0.248 e. The third kappa shape index (κ3) is 6.46. The fraction of sp³-hybridized carbons (Fsp3) is 0.179. The molecular formula is C28H30N2O7. The van der Waals surface area contributed by atoms with Crippen molar-refractivity contribution in [2.45, 2.75) is 0 Å². The van der Waals surface area contributed by atoms with Gasteiger partial charge >= 0.3 is 0 Å². The molecule has 0 aliphatic heterocycles. The molecule has 0 saturated carbocycles. The predicted molar refractivity (Wildman–Crippen MR) is 145 cm³/mol.